The second kappa shape index (κ2) is 10.8. The molecule has 0 fully saturated rings. The molecule has 0 aliphatic rings. The third kappa shape index (κ3) is 6.74. The Balaban J connectivity index is 0.00000300. The van der Waals surface area contributed by atoms with Gasteiger partial charge in [-0.2, -0.15) is 0 Å². The lowest BCUT2D eigenvalue weighted by atomic mass is 10.2. The number of guanidine groups is 1. The maximum Gasteiger partial charge on any atom is 0.214 e. The molecule has 29 heavy (non-hydrogen) atoms. The molecule has 2 aromatic carbocycles. The minimum absolute atomic E-state index is 0. The number of aliphatic imine (C=N–C) groups is 1. The van der Waals surface area contributed by atoms with Crippen LogP contribution in [0.5, 0.6) is 11.5 Å². The predicted molar refractivity (Wildman–Crippen MR) is 121 cm³/mol. The summed E-state index contributed by atoms with van der Waals surface area (Å²) in [5, 5.41) is 6.41. The summed E-state index contributed by atoms with van der Waals surface area (Å²) in [7, 11) is 1.71. The summed E-state index contributed by atoms with van der Waals surface area (Å²) in [4.78, 5) is 8.53. The molecule has 2 N–H and O–H groups in total. The highest BCUT2D eigenvalue weighted by Gasteiger charge is 2.06. The zero-order valence-electron chi connectivity index (χ0n) is 16.5. The molecule has 6 nitrogen and oxygen atoms in total. The Labute approximate surface area is 186 Å². The predicted octanol–water partition coefficient (Wildman–Crippen LogP) is 4.71. The molecule has 0 aliphatic heterocycles. The lowest BCUT2D eigenvalue weighted by Crippen LogP contribution is -2.36. The molecule has 0 saturated heterocycles. The summed E-state index contributed by atoms with van der Waals surface area (Å²) in [6, 6.07) is 13.6. The van der Waals surface area contributed by atoms with Gasteiger partial charge in [0.2, 0.25) is 5.89 Å². The van der Waals surface area contributed by atoms with Crippen LogP contribution in [0.15, 0.2) is 57.9 Å². The van der Waals surface area contributed by atoms with Crippen molar-refractivity contribution >= 4 is 29.9 Å². The first kappa shape index (κ1) is 22.7. The monoisotopic (exact) mass is 510 g/mol. The first-order chi connectivity index (χ1) is 13.5. The van der Waals surface area contributed by atoms with Crippen LogP contribution in [0.2, 0.25) is 0 Å². The second-order valence-electron chi connectivity index (χ2n) is 6.23. The fraction of sp³-hybridized carbons (Fsp3) is 0.238. The molecule has 0 amide bonds. The Morgan fingerprint density at radius 1 is 1.00 bits per heavy atom. The van der Waals surface area contributed by atoms with Crippen molar-refractivity contribution in [3.63, 3.8) is 0 Å². The van der Waals surface area contributed by atoms with Crippen LogP contribution in [0.3, 0.4) is 0 Å². The normalized spacial score (nSPS) is 11.0. The van der Waals surface area contributed by atoms with Crippen LogP contribution < -0.4 is 15.4 Å². The smallest absolute Gasteiger partial charge is 0.214 e. The number of nitrogens with one attached hydrogen (secondary N) is 2. The SMILES string of the molecule is CN=C(NCc1ccc(Oc2ccc(F)cc2)cc1)NCc1nc(C)c(C)o1.I. The summed E-state index contributed by atoms with van der Waals surface area (Å²) in [6.07, 6.45) is 0. The van der Waals surface area contributed by atoms with E-state index in [0.717, 1.165) is 17.0 Å². The van der Waals surface area contributed by atoms with Gasteiger partial charge in [-0.3, -0.25) is 4.99 Å². The van der Waals surface area contributed by atoms with Crippen molar-refractivity contribution in [2.45, 2.75) is 26.9 Å². The molecule has 0 unspecified atom stereocenters. The number of aryl methyl sites for hydroxylation is 2. The van der Waals surface area contributed by atoms with Gasteiger partial charge in [-0.1, -0.05) is 12.1 Å². The molecule has 154 valence electrons. The van der Waals surface area contributed by atoms with Crippen LogP contribution in [0.25, 0.3) is 0 Å². The van der Waals surface area contributed by atoms with E-state index in [2.05, 4.69) is 20.6 Å². The molecule has 0 aliphatic carbocycles. The van der Waals surface area contributed by atoms with E-state index in [0.29, 0.717) is 36.4 Å². The standard InChI is InChI=1S/C21H23FN4O2.HI/c1-14-15(2)27-20(26-14)13-25-21(23-3)24-12-16-4-8-18(9-5-16)28-19-10-6-17(22)7-11-19;/h4-11H,12-13H2,1-3H3,(H2,23,24,25);1H. The third-order valence-corrected chi connectivity index (χ3v) is 4.14. The van der Waals surface area contributed by atoms with E-state index in [1.165, 1.54) is 12.1 Å². The van der Waals surface area contributed by atoms with Crippen LogP contribution in [0.4, 0.5) is 4.39 Å². The first-order valence-electron chi connectivity index (χ1n) is 8.93. The molecule has 1 heterocycles. The number of nitrogens with zero attached hydrogens (tertiary/aromatic N) is 2. The summed E-state index contributed by atoms with van der Waals surface area (Å²) < 4.78 is 24.2. The van der Waals surface area contributed by atoms with Gasteiger partial charge in [0.1, 0.15) is 23.1 Å². The average molecular weight is 510 g/mol. The number of halogens is 2. The Kier molecular flexibility index (Phi) is 8.44. The summed E-state index contributed by atoms with van der Waals surface area (Å²) in [6.45, 7) is 4.86. The first-order valence-corrected chi connectivity index (χ1v) is 8.93. The van der Waals surface area contributed by atoms with Gasteiger partial charge < -0.3 is 19.8 Å². The highest BCUT2D eigenvalue weighted by Crippen LogP contribution is 2.21. The van der Waals surface area contributed by atoms with Gasteiger partial charge in [0, 0.05) is 13.6 Å². The van der Waals surface area contributed by atoms with Crippen LogP contribution >= 0.6 is 24.0 Å². The number of hydrogen-bond donors (Lipinski definition) is 2. The van der Waals surface area contributed by atoms with Gasteiger partial charge in [-0.25, -0.2) is 9.37 Å². The molecular formula is C21H24FIN4O2. The molecule has 3 rings (SSSR count). The van der Waals surface area contributed by atoms with E-state index < -0.39 is 0 Å². The van der Waals surface area contributed by atoms with Crippen LogP contribution in [0, 0.1) is 19.7 Å². The molecule has 0 saturated carbocycles. The third-order valence-electron chi connectivity index (χ3n) is 4.14. The quantitative estimate of drug-likeness (QED) is 0.286. The van der Waals surface area contributed by atoms with Crippen molar-refractivity contribution in [1.82, 2.24) is 15.6 Å². The molecule has 0 spiro atoms. The van der Waals surface area contributed by atoms with Gasteiger partial charge in [-0.15, -0.1) is 24.0 Å². The maximum atomic E-state index is 12.9. The minimum Gasteiger partial charge on any atom is -0.457 e. The number of benzene rings is 2. The molecule has 0 bridgehead atoms. The molecular weight excluding hydrogens is 486 g/mol. The van der Waals surface area contributed by atoms with E-state index in [1.807, 2.05) is 38.1 Å². The van der Waals surface area contributed by atoms with Crippen LogP contribution in [-0.4, -0.2) is 18.0 Å². The van der Waals surface area contributed by atoms with Crippen molar-refractivity contribution in [2.24, 2.45) is 4.99 Å². The van der Waals surface area contributed by atoms with Crippen LogP contribution in [0.1, 0.15) is 22.9 Å². The van der Waals surface area contributed by atoms with Crippen molar-refractivity contribution in [3.8, 4) is 11.5 Å². The number of oxazole rings is 1. The van der Waals surface area contributed by atoms with E-state index >= 15 is 0 Å². The largest absolute Gasteiger partial charge is 0.457 e. The van der Waals surface area contributed by atoms with Gasteiger partial charge in [0.05, 0.1) is 12.2 Å². The van der Waals surface area contributed by atoms with Crippen molar-refractivity contribution in [3.05, 3.63) is 77.3 Å². The van der Waals surface area contributed by atoms with Gasteiger partial charge in [-0.05, 0) is 55.8 Å². The van der Waals surface area contributed by atoms with Gasteiger partial charge >= 0.3 is 0 Å². The van der Waals surface area contributed by atoms with Crippen molar-refractivity contribution in [2.75, 3.05) is 7.05 Å². The van der Waals surface area contributed by atoms with Gasteiger partial charge in [0.25, 0.3) is 0 Å². The fourth-order valence-electron chi connectivity index (χ4n) is 2.49. The second-order valence-corrected chi connectivity index (χ2v) is 6.23. The average Bonchev–Trinajstić information content (AvgIpc) is 3.02. The van der Waals surface area contributed by atoms with E-state index in [-0.39, 0.29) is 29.8 Å². The Morgan fingerprint density at radius 2 is 1.59 bits per heavy atom. The van der Waals surface area contributed by atoms with Crippen molar-refractivity contribution in [1.29, 1.82) is 0 Å². The maximum absolute atomic E-state index is 12.9. The number of hydrogen-bond acceptors (Lipinski definition) is 4. The van der Waals surface area contributed by atoms with Crippen molar-refractivity contribution < 1.29 is 13.5 Å². The Bertz CT molecular complexity index is 921. The summed E-state index contributed by atoms with van der Waals surface area (Å²) in [5.74, 6) is 3.09. The van der Waals surface area contributed by atoms with Gasteiger partial charge in [0.15, 0.2) is 5.96 Å². The number of rotatable bonds is 6. The molecule has 0 radical (unpaired) electrons. The zero-order valence-corrected chi connectivity index (χ0v) is 18.9. The van der Waals surface area contributed by atoms with E-state index in [9.17, 15) is 4.39 Å². The Hall–Kier alpha value is -2.62. The molecule has 3 aromatic rings. The summed E-state index contributed by atoms with van der Waals surface area (Å²) in [5.41, 5.74) is 1.96. The molecule has 1 aromatic heterocycles. The highest BCUT2D eigenvalue weighted by molar-refractivity contribution is 14.0. The number of ether oxygens (including phenoxy) is 1. The molecule has 8 heteroatoms. The molecule has 0 atom stereocenters. The Morgan fingerprint density at radius 3 is 2.14 bits per heavy atom. The highest BCUT2D eigenvalue weighted by atomic mass is 127. The fourth-order valence-corrected chi connectivity index (χ4v) is 2.49. The lowest BCUT2D eigenvalue weighted by Gasteiger charge is -2.11. The zero-order chi connectivity index (χ0) is 19.9. The topological polar surface area (TPSA) is 71.7 Å². The van der Waals surface area contributed by atoms with Crippen LogP contribution in [-0.2, 0) is 13.1 Å². The van der Waals surface area contributed by atoms with E-state index in [4.69, 9.17) is 9.15 Å². The lowest BCUT2D eigenvalue weighted by molar-refractivity contribution is 0.463. The number of aromatic nitrogens is 1. The van der Waals surface area contributed by atoms with E-state index in [1.54, 1.807) is 19.2 Å². The minimum atomic E-state index is -0.288. The summed E-state index contributed by atoms with van der Waals surface area (Å²) >= 11 is 0.